The van der Waals surface area contributed by atoms with Gasteiger partial charge in [0.2, 0.25) is 0 Å². The lowest BCUT2D eigenvalue weighted by atomic mass is 9.86. The number of nitrogens with one attached hydrogen (secondary N) is 2. The number of aryl methyl sites for hydroxylation is 1. The van der Waals surface area contributed by atoms with Crippen molar-refractivity contribution in [1.29, 1.82) is 0 Å². The first-order chi connectivity index (χ1) is 12.3. The molecule has 0 spiro atoms. The lowest BCUT2D eigenvalue weighted by Gasteiger charge is -2.39. The predicted octanol–water partition coefficient (Wildman–Crippen LogP) is 3.01. The monoisotopic (exact) mass is 335 g/mol. The molecule has 1 aromatic carbocycles. The van der Waals surface area contributed by atoms with Crippen molar-refractivity contribution in [2.75, 3.05) is 25.0 Å². The Balaban J connectivity index is 1.53. The SMILES string of the molecule is CN(c1ncnc2[nH]ccc12)C1CNCCC1CCc1ccccc1. The van der Waals surface area contributed by atoms with E-state index in [1.807, 2.05) is 6.20 Å². The highest BCUT2D eigenvalue weighted by Crippen LogP contribution is 2.29. The van der Waals surface area contributed by atoms with Crippen molar-refractivity contribution in [3.8, 4) is 0 Å². The Morgan fingerprint density at radius 3 is 2.92 bits per heavy atom. The minimum atomic E-state index is 0.450. The van der Waals surface area contributed by atoms with Crippen LogP contribution in [0.4, 0.5) is 5.82 Å². The van der Waals surface area contributed by atoms with Gasteiger partial charge in [0.15, 0.2) is 0 Å². The van der Waals surface area contributed by atoms with Gasteiger partial charge >= 0.3 is 0 Å². The predicted molar refractivity (Wildman–Crippen MR) is 102 cm³/mol. The van der Waals surface area contributed by atoms with Gasteiger partial charge in [-0.25, -0.2) is 9.97 Å². The highest BCUT2D eigenvalue weighted by atomic mass is 15.2. The van der Waals surface area contributed by atoms with Gasteiger partial charge in [0.25, 0.3) is 0 Å². The van der Waals surface area contributed by atoms with E-state index in [4.69, 9.17) is 0 Å². The van der Waals surface area contributed by atoms with Gasteiger partial charge in [-0.2, -0.15) is 0 Å². The molecule has 0 bridgehead atoms. The maximum atomic E-state index is 4.57. The number of aromatic amines is 1. The first kappa shape index (κ1) is 16.1. The Morgan fingerprint density at radius 1 is 1.16 bits per heavy atom. The minimum absolute atomic E-state index is 0.450. The highest BCUT2D eigenvalue weighted by molar-refractivity contribution is 5.87. The second-order valence-electron chi connectivity index (χ2n) is 6.89. The zero-order valence-corrected chi connectivity index (χ0v) is 14.7. The summed E-state index contributed by atoms with van der Waals surface area (Å²) in [5, 5.41) is 4.66. The molecule has 3 heterocycles. The van der Waals surface area contributed by atoms with Gasteiger partial charge in [-0.3, -0.25) is 0 Å². The number of likely N-dealkylation sites (N-methyl/N-ethyl adjacent to an activating group) is 1. The van der Waals surface area contributed by atoms with Gasteiger partial charge in [0.05, 0.1) is 5.39 Å². The molecule has 2 unspecified atom stereocenters. The number of benzene rings is 1. The Kier molecular flexibility index (Phi) is 4.65. The molecule has 2 aromatic heterocycles. The molecule has 0 aliphatic carbocycles. The van der Waals surface area contributed by atoms with E-state index < -0.39 is 0 Å². The van der Waals surface area contributed by atoms with E-state index in [0.717, 1.165) is 36.4 Å². The lowest BCUT2D eigenvalue weighted by Crippen LogP contribution is -2.50. The average Bonchev–Trinajstić information content (AvgIpc) is 3.16. The van der Waals surface area contributed by atoms with Gasteiger partial charge in [-0.1, -0.05) is 30.3 Å². The molecule has 3 aromatic rings. The fourth-order valence-electron chi connectivity index (χ4n) is 3.98. The van der Waals surface area contributed by atoms with Crippen LogP contribution in [0.5, 0.6) is 0 Å². The molecular weight excluding hydrogens is 310 g/mol. The van der Waals surface area contributed by atoms with E-state index >= 15 is 0 Å². The van der Waals surface area contributed by atoms with Crippen LogP contribution in [-0.2, 0) is 6.42 Å². The third kappa shape index (κ3) is 3.37. The van der Waals surface area contributed by atoms with Gasteiger partial charge < -0.3 is 15.2 Å². The van der Waals surface area contributed by atoms with E-state index in [-0.39, 0.29) is 0 Å². The van der Waals surface area contributed by atoms with Crippen molar-refractivity contribution < 1.29 is 0 Å². The number of anilines is 1. The van der Waals surface area contributed by atoms with E-state index in [2.05, 4.69) is 68.6 Å². The second-order valence-corrected chi connectivity index (χ2v) is 6.89. The van der Waals surface area contributed by atoms with Crippen LogP contribution in [-0.4, -0.2) is 41.1 Å². The van der Waals surface area contributed by atoms with Crippen LogP contribution >= 0.6 is 0 Å². The maximum Gasteiger partial charge on any atom is 0.142 e. The van der Waals surface area contributed by atoms with Crippen molar-refractivity contribution in [3.05, 3.63) is 54.5 Å². The van der Waals surface area contributed by atoms with Crippen molar-refractivity contribution in [2.45, 2.75) is 25.3 Å². The molecule has 2 atom stereocenters. The molecule has 1 fully saturated rings. The fraction of sp³-hybridized carbons (Fsp3) is 0.400. The van der Waals surface area contributed by atoms with E-state index in [1.54, 1.807) is 6.33 Å². The van der Waals surface area contributed by atoms with Crippen molar-refractivity contribution >= 4 is 16.9 Å². The zero-order chi connectivity index (χ0) is 17.1. The Labute approximate surface area is 148 Å². The smallest absolute Gasteiger partial charge is 0.142 e. The summed E-state index contributed by atoms with van der Waals surface area (Å²) in [7, 11) is 2.17. The molecule has 1 aliphatic rings. The summed E-state index contributed by atoms with van der Waals surface area (Å²) in [5.74, 6) is 1.68. The molecule has 0 saturated carbocycles. The summed E-state index contributed by atoms with van der Waals surface area (Å²) in [4.78, 5) is 14.4. The molecule has 2 N–H and O–H groups in total. The number of hydrogen-bond donors (Lipinski definition) is 2. The van der Waals surface area contributed by atoms with Crippen LogP contribution < -0.4 is 10.2 Å². The molecule has 1 aliphatic heterocycles. The number of hydrogen-bond acceptors (Lipinski definition) is 4. The summed E-state index contributed by atoms with van der Waals surface area (Å²) in [6.45, 7) is 2.11. The van der Waals surface area contributed by atoms with Crippen LogP contribution in [0.15, 0.2) is 48.9 Å². The largest absolute Gasteiger partial charge is 0.354 e. The molecule has 25 heavy (non-hydrogen) atoms. The van der Waals surface area contributed by atoms with Gasteiger partial charge in [-0.05, 0) is 43.4 Å². The first-order valence-electron chi connectivity index (χ1n) is 9.08. The Bertz CT molecular complexity index is 813. The number of H-pyrrole nitrogens is 1. The number of nitrogens with zero attached hydrogens (tertiary/aromatic N) is 3. The second kappa shape index (κ2) is 7.23. The van der Waals surface area contributed by atoms with Gasteiger partial charge in [0, 0.05) is 25.8 Å². The molecule has 5 heteroatoms. The van der Waals surface area contributed by atoms with E-state index in [9.17, 15) is 0 Å². The van der Waals surface area contributed by atoms with Crippen molar-refractivity contribution in [2.24, 2.45) is 5.92 Å². The van der Waals surface area contributed by atoms with Crippen LogP contribution in [0.25, 0.3) is 11.0 Å². The molecule has 0 radical (unpaired) electrons. The molecule has 130 valence electrons. The van der Waals surface area contributed by atoms with Crippen LogP contribution in [0, 0.1) is 5.92 Å². The molecular formula is C20H25N5. The summed E-state index contributed by atoms with van der Waals surface area (Å²) in [5.41, 5.74) is 2.33. The van der Waals surface area contributed by atoms with Gasteiger partial charge in [0.1, 0.15) is 17.8 Å². The van der Waals surface area contributed by atoms with Crippen LogP contribution in [0.1, 0.15) is 18.4 Å². The number of fused-ring (bicyclic) bond motifs is 1. The van der Waals surface area contributed by atoms with Crippen LogP contribution in [0.3, 0.4) is 0 Å². The fourth-order valence-corrected chi connectivity index (χ4v) is 3.98. The number of rotatable bonds is 5. The van der Waals surface area contributed by atoms with Gasteiger partial charge in [-0.15, -0.1) is 0 Å². The summed E-state index contributed by atoms with van der Waals surface area (Å²) >= 11 is 0. The van der Waals surface area contributed by atoms with Crippen LogP contribution in [0.2, 0.25) is 0 Å². The summed E-state index contributed by atoms with van der Waals surface area (Å²) in [6, 6.07) is 13.3. The quantitative estimate of drug-likeness (QED) is 0.752. The molecule has 5 nitrogen and oxygen atoms in total. The first-order valence-corrected chi connectivity index (χ1v) is 9.08. The van der Waals surface area contributed by atoms with Crippen molar-refractivity contribution in [1.82, 2.24) is 20.3 Å². The molecule has 1 saturated heterocycles. The number of piperidine rings is 1. The maximum absolute atomic E-state index is 4.57. The normalized spacial score (nSPS) is 20.7. The van der Waals surface area contributed by atoms with E-state index in [0.29, 0.717) is 12.0 Å². The highest BCUT2D eigenvalue weighted by Gasteiger charge is 2.29. The summed E-state index contributed by atoms with van der Waals surface area (Å²) in [6.07, 6.45) is 7.15. The Morgan fingerprint density at radius 2 is 2.04 bits per heavy atom. The minimum Gasteiger partial charge on any atom is -0.354 e. The molecule has 0 amide bonds. The average molecular weight is 335 g/mol. The van der Waals surface area contributed by atoms with E-state index in [1.165, 1.54) is 18.4 Å². The zero-order valence-electron chi connectivity index (χ0n) is 14.7. The lowest BCUT2D eigenvalue weighted by molar-refractivity contribution is 0.299. The topological polar surface area (TPSA) is 56.8 Å². The Hall–Kier alpha value is -2.40. The number of aromatic nitrogens is 3. The standard InChI is InChI=1S/C20H25N5/c1-25(20-17-10-12-22-19(17)23-14-24-20)18-13-21-11-9-16(18)8-7-15-5-3-2-4-6-15/h2-6,10,12,14,16,18,21H,7-9,11,13H2,1H3,(H,22,23,24). The molecule has 4 rings (SSSR count). The van der Waals surface area contributed by atoms with Crippen molar-refractivity contribution in [3.63, 3.8) is 0 Å². The summed E-state index contributed by atoms with van der Waals surface area (Å²) < 4.78 is 0. The third-order valence-electron chi connectivity index (χ3n) is 5.40. The third-order valence-corrected chi connectivity index (χ3v) is 5.40.